The van der Waals surface area contributed by atoms with Crippen molar-refractivity contribution in [1.29, 1.82) is 0 Å². The van der Waals surface area contributed by atoms with Crippen LogP contribution < -0.4 is 10.1 Å². The molecular formula is C17H22N4O2. The smallest absolute Gasteiger partial charge is 0.253 e. The van der Waals surface area contributed by atoms with Crippen LogP contribution >= 0.6 is 0 Å². The summed E-state index contributed by atoms with van der Waals surface area (Å²) in [6.07, 6.45) is 6.43. The maximum atomic E-state index is 12.5. The highest BCUT2D eigenvalue weighted by Gasteiger charge is 2.31. The van der Waals surface area contributed by atoms with Gasteiger partial charge < -0.3 is 10.1 Å². The highest BCUT2D eigenvalue weighted by atomic mass is 16.5. The molecule has 2 atom stereocenters. The molecule has 0 saturated heterocycles. The number of aryl methyl sites for hydroxylation is 3. The molecule has 0 aromatic carbocycles. The quantitative estimate of drug-likeness (QED) is 0.939. The topological polar surface area (TPSA) is 69.0 Å². The minimum Gasteiger partial charge on any atom is -0.485 e. The SMILES string of the molecule is Cc1ccc(C(=O)N[C@H]2CCC[C@H]2Oc2cnn(C)c2)c(C)n1. The molecule has 2 aromatic heterocycles. The first-order valence-corrected chi connectivity index (χ1v) is 7.93. The summed E-state index contributed by atoms with van der Waals surface area (Å²) in [6.45, 7) is 3.78. The molecule has 1 N–H and O–H groups in total. The molecule has 0 aliphatic heterocycles. The van der Waals surface area contributed by atoms with Crippen molar-refractivity contribution >= 4 is 5.91 Å². The highest BCUT2D eigenvalue weighted by molar-refractivity contribution is 5.95. The molecule has 6 heteroatoms. The molecule has 1 aliphatic rings. The zero-order valence-electron chi connectivity index (χ0n) is 13.7. The number of ether oxygens (including phenoxy) is 1. The summed E-state index contributed by atoms with van der Waals surface area (Å²) in [6, 6.07) is 3.71. The van der Waals surface area contributed by atoms with E-state index in [9.17, 15) is 4.79 Å². The van der Waals surface area contributed by atoms with Gasteiger partial charge in [0.2, 0.25) is 0 Å². The van der Waals surface area contributed by atoms with Gasteiger partial charge in [-0.2, -0.15) is 5.10 Å². The Bertz CT molecular complexity index is 710. The van der Waals surface area contributed by atoms with Crippen LogP contribution in [0.25, 0.3) is 0 Å². The number of pyridine rings is 1. The van der Waals surface area contributed by atoms with Crippen LogP contribution in [-0.4, -0.2) is 32.8 Å². The van der Waals surface area contributed by atoms with Gasteiger partial charge in [0.25, 0.3) is 5.91 Å². The molecule has 122 valence electrons. The van der Waals surface area contributed by atoms with Crippen LogP contribution in [0.2, 0.25) is 0 Å². The van der Waals surface area contributed by atoms with E-state index in [-0.39, 0.29) is 18.1 Å². The van der Waals surface area contributed by atoms with Crippen molar-refractivity contribution in [2.45, 2.75) is 45.3 Å². The van der Waals surface area contributed by atoms with Crippen molar-refractivity contribution in [1.82, 2.24) is 20.1 Å². The standard InChI is InChI=1S/C17H22N4O2/c1-11-7-8-14(12(2)19-11)17(22)20-15-5-4-6-16(15)23-13-9-18-21(3)10-13/h7-10,15-16H,4-6H2,1-3H3,(H,20,22)/t15-,16+/m0/s1. The summed E-state index contributed by atoms with van der Waals surface area (Å²) in [4.78, 5) is 16.9. The highest BCUT2D eigenvalue weighted by Crippen LogP contribution is 2.25. The Morgan fingerprint density at radius 3 is 2.87 bits per heavy atom. The van der Waals surface area contributed by atoms with Crippen LogP contribution in [0.4, 0.5) is 0 Å². The fourth-order valence-corrected chi connectivity index (χ4v) is 3.04. The largest absolute Gasteiger partial charge is 0.485 e. The molecule has 1 fully saturated rings. The number of hydrogen-bond acceptors (Lipinski definition) is 4. The monoisotopic (exact) mass is 314 g/mol. The van der Waals surface area contributed by atoms with Crippen LogP contribution in [0.3, 0.4) is 0 Å². The van der Waals surface area contributed by atoms with Gasteiger partial charge in [-0.1, -0.05) is 0 Å². The molecule has 0 bridgehead atoms. The van der Waals surface area contributed by atoms with Crippen LogP contribution in [0.5, 0.6) is 5.75 Å². The molecule has 0 radical (unpaired) electrons. The van der Waals surface area contributed by atoms with E-state index in [4.69, 9.17) is 4.74 Å². The first-order valence-electron chi connectivity index (χ1n) is 7.93. The van der Waals surface area contributed by atoms with Gasteiger partial charge in [-0.3, -0.25) is 14.5 Å². The lowest BCUT2D eigenvalue weighted by atomic mass is 10.1. The molecule has 0 unspecified atom stereocenters. The van der Waals surface area contributed by atoms with E-state index in [0.29, 0.717) is 5.56 Å². The Hall–Kier alpha value is -2.37. The van der Waals surface area contributed by atoms with E-state index >= 15 is 0 Å². The Kier molecular flexibility index (Phi) is 4.32. The number of hydrogen-bond donors (Lipinski definition) is 1. The zero-order chi connectivity index (χ0) is 16.4. The fourth-order valence-electron chi connectivity index (χ4n) is 3.04. The number of nitrogens with zero attached hydrogens (tertiary/aromatic N) is 3. The van der Waals surface area contributed by atoms with Crippen molar-refractivity contribution < 1.29 is 9.53 Å². The Balaban J connectivity index is 1.67. The van der Waals surface area contributed by atoms with Gasteiger partial charge in [-0.05, 0) is 45.2 Å². The average molecular weight is 314 g/mol. The lowest BCUT2D eigenvalue weighted by molar-refractivity contribution is 0.0893. The molecule has 2 aromatic rings. The molecule has 0 spiro atoms. The van der Waals surface area contributed by atoms with Crippen molar-refractivity contribution in [3.05, 3.63) is 41.5 Å². The number of carbonyl (C=O) groups excluding carboxylic acids is 1. The van der Waals surface area contributed by atoms with Crippen LogP contribution in [0, 0.1) is 13.8 Å². The van der Waals surface area contributed by atoms with Gasteiger partial charge in [0.1, 0.15) is 6.10 Å². The summed E-state index contributed by atoms with van der Waals surface area (Å²) < 4.78 is 7.69. The second-order valence-electron chi connectivity index (χ2n) is 6.10. The number of amides is 1. The zero-order valence-corrected chi connectivity index (χ0v) is 13.7. The fraction of sp³-hybridized carbons (Fsp3) is 0.471. The summed E-state index contributed by atoms with van der Waals surface area (Å²) in [5.41, 5.74) is 2.30. The third-order valence-corrected chi connectivity index (χ3v) is 4.21. The van der Waals surface area contributed by atoms with E-state index in [2.05, 4.69) is 15.4 Å². The predicted molar refractivity (Wildman–Crippen MR) is 86.4 cm³/mol. The van der Waals surface area contributed by atoms with E-state index in [1.54, 1.807) is 10.9 Å². The van der Waals surface area contributed by atoms with Gasteiger partial charge >= 0.3 is 0 Å². The average Bonchev–Trinajstić information content (AvgIpc) is 3.09. The second-order valence-corrected chi connectivity index (χ2v) is 6.10. The van der Waals surface area contributed by atoms with Crippen LogP contribution in [-0.2, 0) is 7.05 Å². The molecule has 1 saturated carbocycles. The predicted octanol–water partition coefficient (Wildman–Crippen LogP) is 2.16. The van der Waals surface area contributed by atoms with E-state index in [0.717, 1.165) is 36.4 Å². The summed E-state index contributed by atoms with van der Waals surface area (Å²) >= 11 is 0. The molecule has 23 heavy (non-hydrogen) atoms. The molecule has 6 nitrogen and oxygen atoms in total. The number of aromatic nitrogens is 3. The Morgan fingerprint density at radius 1 is 1.35 bits per heavy atom. The van der Waals surface area contributed by atoms with Gasteiger partial charge in [0.15, 0.2) is 5.75 Å². The minimum atomic E-state index is -0.0818. The maximum absolute atomic E-state index is 12.5. The van der Waals surface area contributed by atoms with E-state index < -0.39 is 0 Å². The van der Waals surface area contributed by atoms with Crippen LogP contribution in [0.1, 0.15) is 41.0 Å². The van der Waals surface area contributed by atoms with Gasteiger partial charge in [0.05, 0.1) is 29.7 Å². The van der Waals surface area contributed by atoms with Crippen molar-refractivity contribution in [2.24, 2.45) is 7.05 Å². The molecular weight excluding hydrogens is 292 g/mol. The number of nitrogens with one attached hydrogen (secondary N) is 1. The van der Waals surface area contributed by atoms with Gasteiger partial charge in [0, 0.05) is 12.7 Å². The lowest BCUT2D eigenvalue weighted by Gasteiger charge is -2.22. The Morgan fingerprint density at radius 2 is 2.17 bits per heavy atom. The first kappa shape index (κ1) is 15.5. The first-order chi connectivity index (χ1) is 11.0. The normalized spacial score (nSPS) is 20.5. The van der Waals surface area contributed by atoms with Gasteiger partial charge in [-0.25, -0.2) is 0 Å². The Labute approximate surface area is 135 Å². The minimum absolute atomic E-state index is 0.0122. The molecule has 3 rings (SSSR count). The van der Waals surface area contributed by atoms with Crippen molar-refractivity contribution in [3.8, 4) is 5.75 Å². The molecule has 1 aliphatic carbocycles. The van der Waals surface area contributed by atoms with Crippen molar-refractivity contribution in [3.63, 3.8) is 0 Å². The summed E-state index contributed by atoms with van der Waals surface area (Å²) in [5.74, 6) is 0.661. The van der Waals surface area contributed by atoms with E-state index in [1.807, 2.05) is 39.2 Å². The number of carbonyl (C=O) groups is 1. The van der Waals surface area contributed by atoms with E-state index in [1.165, 1.54) is 0 Å². The second kappa shape index (κ2) is 6.40. The van der Waals surface area contributed by atoms with Crippen LogP contribution in [0.15, 0.2) is 24.5 Å². The lowest BCUT2D eigenvalue weighted by Crippen LogP contribution is -2.42. The maximum Gasteiger partial charge on any atom is 0.253 e. The molecule has 2 heterocycles. The van der Waals surface area contributed by atoms with Crippen molar-refractivity contribution in [2.75, 3.05) is 0 Å². The van der Waals surface area contributed by atoms with Gasteiger partial charge in [-0.15, -0.1) is 0 Å². The summed E-state index contributed by atoms with van der Waals surface area (Å²) in [7, 11) is 1.86. The molecule has 1 amide bonds. The third kappa shape index (κ3) is 3.52. The third-order valence-electron chi connectivity index (χ3n) is 4.21. The summed E-state index contributed by atoms with van der Waals surface area (Å²) in [5, 5.41) is 7.21. The number of rotatable bonds is 4.